The summed E-state index contributed by atoms with van der Waals surface area (Å²) < 4.78 is 5.44. The standard InChI is InChI=1S/C58H60N14O13S6/c1-26(2)42-58-72-45(37(91-58)21-85-5)51(83)61-20-39(74)69-46(47(79)28-12-8-6-9-13-28)57-68-36(25-89-57)55-65-33(22-87-55)44-29(53-66-34(23-86-53)50(82)64-32(18-38(73)59-4)56-71-43(27(3)90-56)52(84)70-42)15-16-30(62-44)54-67-35(24-88-54)49(81)63-31(19-41(77)78)48(80)60-17-11-7-10-14-40(75)76/h6,8-9,12-13,15-16,22-26,31-32,42,46-47,79H,7,10-11,14,17-21H2,1-5H3,(H,59,73)(H,60,80)(H,61,83)(H,63,81)(H,64,82)(H,69,74)(H,70,84)(H,75,76)(H,77,78)/t31-,32-,42-,46?,47?/m0/s1. The highest BCUT2D eigenvalue weighted by Crippen LogP contribution is 2.40. The van der Waals surface area contributed by atoms with Gasteiger partial charge in [-0.25, -0.2) is 34.9 Å². The number of ether oxygens (including phenoxy) is 1. The van der Waals surface area contributed by atoms with Crippen LogP contribution in [0.15, 0.2) is 64.0 Å². The predicted molar refractivity (Wildman–Crippen MR) is 340 cm³/mol. The van der Waals surface area contributed by atoms with Crippen molar-refractivity contribution in [2.24, 2.45) is 5.92 Å². The van der Waals surface area contributed by atoms with Crippen LogP contribution < -0.4 is 37.2 Å². The summed E-state index contributed by atoms with van der Waals surface area (Å²) in [6.45, 7) is 4.96. The lowest BCUT2D eigenvalue weighted by Gasteiger charge is -2.23. The van der Waals surface area contributed by atoms with Crippen LogP contribution in [0.25, 0.3) is 43.4 Å². The minimum atomic E-state index is -1.47. The van der Waals surface area contributed by atoms with Crippen LogP contribution in [-0.4, -0.2) is 137 Å². The monoisotopic (exact) mass is 1350 g/mol. The average Bonchev–Trinajstić information content (AvgIpc) is 1.96. The zero-order chi connectivity index (χ0) is 65.0. The second-order valence-electron chi connectivity index (χ2n) is 20.8. The maximum Gasteiger partial charge on any atom is 0.305 e. The molecule has 0 fully saturated rings. The molecule has 7 aromatic heterocycles. The number of benzene rings is 1. The maximum atomic E-state index is 14.4. The number of pyridine rings is 1. The van der Waals surface area contributed by atoms with Crippen molar-refractivity contribution in [3.05, 3.63) is 117 Å². The lowest BCUT2D eigenvalue weighted by atomic mass is 10.0. The van der Waals surface area contributed by atoms with E-state index in [0.29, 0.717) is 71.6 Å². The van der Waals surface area contributed by atoms with Gasteiger partial charge < -0.3 is 57.3 Å². The lowest BCUT2D eigenvalue weighted by Crippen LogP contribution is -2.48. The van der Waals surface area contributed by atoms with Gasteiger partial charge in [-0.1, -0.05) is 50.6 Å². The summed E-state index contributed by atoms with van der Waals surface area (Å²) in [4.78, 5) is 154. The SMILES string of the molecule is CNC(=O)C[C@@H]1NC(=O)c2csc(n2)-c2ccc(-c3nc(C(=O)N[C@@H](CC(=O)O)C(=O)NCCCCCC(=O)O)cs3)nc2-c2csc(n2)-c2csc(n2)C(C(O)c2ccccc2)NC(=O)CNC(=O)c2nc(sc2COC)[C@H](C(C)C)NC(=O)c2nc1sc2C. The number of fused-ring (bicyclic) bond motifs is 14. The molecule has 8 heterocycles. The van der Waals surface area contributed by atoms with Crippen LogP contribution in [0.2, 0.25) is 0 Å². The van der Waals surface area contributed by atoms with Crippen molar-refractivity contribution >= 4 is 121 Å². The van der Waals surface area contributed by atoms with E-state index in [0.717, 1.165) is 56.7 Å². The number of carboxylic acid groups (broad SMARTS) is 2. The molecule has 476 valence electrons. The van der Waals surface area contributed by atoms with Crippen LogP contribution in [0, 0.1) is 12.8 Å². The van der Waals surface area contributed by atoms with Crippen molar-refractivity contribution in [2.45, 2.75) is 96.2 Å². The van der Waals surface area contributed by atoms with E-state index in [4.69, 9.17) is 29.8 Å². The molecule has 1 aromatic carbocycles. The van der Waals surface area contributed by atoms with Gasteiger partial charge in [0.15, 0.2) is 0 Å². The number of rotatable bonds is 19. The lowest BCUT2D eigenvalue weighted by molar-refractivity contribution is -0.139. The molecule has 0 aliphatic carbocycles. The van der Waals surface area contributed by atoms with Gasteiger partial charge in [-0.15, -0.1) is 68.0 Å². The number of aryl methyl sites for hydroxylation is 1. The highest BCUT2D eigenvalue weighted by molar-refractivity contribution is 7.15. The fourth-order valence-electron chi connectivity index (χ4n) is 9.22. The number of amides is 7. The van der Waals surface area contributed by atoms with Crippen LogP contribution in [0.5, 0.6) is 0 Å². The number of hydrogen-bond acceptors (Lipinski definition) is 24. The van der Waals surface area contributed by atoms with Crippen molar-refractivity contribution < 1.29 is 63.2 Å². The fraction of sp³-hybridized carbons (Fsp3) is 0.345. The Bertz CT molecular complexity index is 4010. The number of thiazole rings is 6. The van der Waals surface area contributed by atoms with Gasteiger partial charge in [0.25, 0.3) is 23.6 Å². The number of aliphatic hydroxyl groups is 1. The van der Waals surface area contributed by atoms with E-state index < -0.39 is 96.5 Å². The first-order chi connectivity index (χ1) is 43.7. The van der Waals surface area contributed by atoms with Gasteiger partial charge in [-0.2, -0.15) is 0 Å². The van der Waals surface area contributed by atoms with E-state index in [2.05, 4.69) is 52.2 Å². The summed E-state index contributed by atoms with van der Waals surface area (Å²) in [6.07, 6.45) is -1.03. The van der Waals surface area contributed by atoms with E-state index in [9.17, 15) is 53.4 Å². The molecule has 0 radical (unpaired) electrons. The fourth-order valence-corrected chi connectivity index (χ4v) is 14.8. The zero-order valence-corrected chi connectivity index (χ0v) is 54.1. The highest BCUT2D eigenvalue weighted by Gasteiger charge is 2.33. The number of carbonyl (C=O) groups excluding carboxylic acids is 7. The van der Waals surface area contributed by atoms with Crippen molar-refractivity contribution in [1.82, 2.24) is 72.1 Å². The first-order valence-electron chi connectivity index (χ1n) is 28.1. The Hall–Kier alpha value is -8.70. The molecule has 91 heavy (non-hydrogen) atoms. The zero-order valence-electron chi connectivity index (χ0n) is 49.2. The average molecular weight is 1350 g/mol. The minimum Gasteiger partial charge on any atom is -0.481 e. The van der Waals surface area contributed by atoms with E-state index >= 15 is 0 Å². The van der Waals surface area contributed by atoms with Gasteiger partial charge in [0.05, 0.1) is 48.6 Å². The number of hydrogen-bond donors (Lipinski definition) is 10. The molecule has 10 bridgehead atoms. The molecule has 7 amide bonds. The Labute approximate surface area is 543 Å². The number of nitrogens with one attached hydrogen (secondary N) is 7. The number of unbranched alkanes of at least 4 members (excludes halogenated alkanes) is 2. The summed E-state index contributed by atoms with van der Waals surface area (Å²) in [6, 6.07) is 7.55. The Kier molecular flexibility index (Phi) is 22.3. The summed E-state index contributed by atoms with van der Waals surface area (Å²) in [7, 11) is 2.90. The van der Waals surface area contributed by atoms with Gasteiger partial charge in [0, 0.05) is 59.1 Å². The highest BCUT2D eigenvalue weighted by atomic mass is 32.1. The van der Waals surface area contributed by atoms with E-state index in [-0.39, 0.29) is 76.1 Å². The van der Waals surface area contributed by atoms with Crippen LogP contribution in [0.3, 0.4) is 0 Å². The molecule has 2 unspecified atom stereocenters. The number of aliphatic carboxylic acids is 2. The second-order valence-corrected chi connectivity index (χ2v) is 26.6. The minimum absolute atomic E-state index is 0.0214. The molecule has 0 saturated heterocycles. The largest absolute Gasteiger partial charge is 0.481 e. The van der Waals surface area contributed by atoms with Gasteiger partial charge in [0.1, 0.15) is 88.1 Å². The van der Waals surface area contributed by atoms with Crippen molar-refractivity contribution in [1.29, 1.82) is 0 Å². The quantitative estimate of drug-likeness (QED) is 0.0379. The topological polar surface area (TPSA) is 398 Å². The molecule has 0 spiro atoms. The number of aliphatic hydroxyl groups excluding tert-OH is 1. The van der Waals surface area contributed by atoms with E-state index in [1.165, 1.54) is 36.3 Å². The molecule has 27 nitrogen and oxygen atoms in total. The summed E-state index contributed by atoms with van der Waals surface area (Å²) in [5, 5.41) is 57.8. The first-order valence-corrected chi connectivity index (χ1v) is 33.3. The van der Waals surface area contributed by atoms with Crippen LogP contribution in [0.4, 0.5) is 0 Å². The Morgan fingerprint density at radius 2 is 1.40 bits per heavy atom. The van der Waals surface area contributed by atoms with E-state index in [1.807, 2.05) is 13.8 Å². The molecular formula is C58H60N14O13S6. The normalized spacial score (nSPS) is 16.1. The van der Waals surface area contributed by atoms with Gasteiger partial charge in [0.2, 0.25) is 17.7 Å². The molecule has 1 aliphatic rings. The molecule has 8 aromatic rings. The summed E-state index contributed by atoms with van der Waals surface area (Å²) in [5.41, 5.74) is 1.88. The predicted octanol–water partition coefficient (Wildman–Crippen LogP) is 6.65. The molecule has 1 aliphatic heterocycles. The number of methoxy groups -OCH3 is 1. The number of carbonyl (C=O) groups is 9. The third kappa shape index (κ3) is 16.6. The van der Waals surface area contributed by atoms with Crippen LogP contribution in [0.1, 0.15) is 149 Å². The van der Waals surface area contributed by atoms with E-state index in [1.54, 1.807) is 60.1 Å². The number of nitrogens with zero attached hydrogens (tertiary/aromatic N) is 7. The summed E-state index contributed by atoms with van der Waals surface area (Å²) in [5.74, 6) is -7.22. The smallest absolute Gasteiger partial charge is 0.305 e. The maximum absolute atomic E-state index is 14.4. The molecule has 0 saturated carbocycles. The molecule has 9 rings (SSSR count). The molecular weight excluding hydrogens is 1290 g/mol. The van der Waals surface area contributed by atoms with Gasteiger partial charge >= 0.3 is 11.9 Å². The van der Waals surface area contributed by atoms with Crippen molar-refractivity contribution in [3.63, 3.8) is 0 Å². The summed E-state index contributed by atoms with van der Waals surface area (Å²) >= 11 is 6.75. The molecule has 33 heteroatoms. The Morgan fingerprint density at radius 3 is 2.13 bits per heavy atom. The molecule has 5 atom stereocenters. The van der Waals surface area contributed by atoms with Crippen molar-refractivity contribution in [3.8, 4) is 43.4 Å². The van der Waals surface area contributed by atoms with Crippen LogP contribution >= 0.6 is 68.0 Å². The van der Waals surface area contributed by atoms with Gasteiger partial charge in [-0.05, 0) is 43.4 Å². The van der Waals surface area contributed by atoms with Crippen LogP contribution in [-0.2, 0) is 35.3 Å². The first kappa shape index (κ1) is 66.7. The number of carboxylic acids is 2. The second kappa shape index (κ2) is 30.4. The third-order valence-electron chi connectivity index (χ3n) is 13.8. The Morgan fingerprint density at radius 1 is 0.681 bits per heavy atom. The third-order valence-corrected chi connectivity index (χ3v) is 19.6. The Balaban J connectivity index is 1.08. The molecule has 10 N–H and O–H groups in total. The number of aromatic nitrogens is 7. The van der Waals surface area contributed by atoms with Gasteiger partial charge in [-0.3, -0.25) is 43.2 Å². The van der Waals surface area contributed by atoms with Crippen molar-refractivity contribution in [2.75, 3.05) is 27.2 Å².